The molecule has 0 unspecified atom stereocenters. The van der Waals surface area contributed by atoms with Crippen LogP contribution in [0.5, 0.6) is 0 Å². The summed E-state index contributed by atoms with van der Waals surface area (Å²) in [6.45, 7) is 3.36. The number of ketones is 1. The summed E-state index contributed by atoms with van der Waals surface area (Å²) in [5.41, 5.74) is 8.71. The minimum Gasteiger partial charge on any atom is -0.383 e. The third-order valence-electron chi connectivity index (χ3n) is 6.25. The van der Waals surface area contributed by atoms with Crippen LogP contribution in [-0.2, 0) is 6.42 Å². The number of fused-ring (bicyclic) bond motifs is 1. The average Bonchev–Trinajstić information content (AvgIpc) is 2.88. The van der Waals surface area contributed by atoms with Gasteiger partial charge in [0.1, 0.15) is 11.6 Å². The van der Waals surface area contributed by atoms with Crippen molar-refractivity contribution in [2.45, 2.75) is 12.8 Å². The van der Waals surface area contributed by atoms with Crippen LogP contribution in [0.15, 0.2) is 67.3 Å². The molecule has 1 fully saturated rings. The number of rotatable bonds is 6. The van der Waals surface area contributed by atoms with Crippen molar-refractivity contribution in [3.05, 3.63) is 83.4 Å². The van der Waals surface area contributed by atoms with Gasteiger partial charge < -0.3 is 15.5 Å². The van der Waals surface area contributed by atoms with E-state index in [1.807, 2.05) is 42.7 Å². The van der Waals surface area contributed by atoms with Gasteiger partial charge in [-0.15, -0.1) is 0 Å². The molecule has 0 bridgehead atoms. The van der Waals surface area contributed by atoms with E-state index in [1.165, 1.54) is 5.69 Å². The number of aromatic nitrogens is 3. The highest BCUT2D eigenvalue weighted by Crippen LogP contribution is 2.27. The summed E-state index contributed by atoms with van der Waals surface area (Å²) in [6.07, 6.45) is 7.97. The second kappa shape index (κ2) is 9.65. The van der Waals surface area contributed by atoms with Gasteiger partial charge in [-0.25, -0.2) is 9.97 Å². The summed E-state index contributed by atoms with van der Waals surface area (Å²) >= 11 is 6.56. The predicted molar refractivity (Wildman–Crippen MR) is 137 cm³/mol. The van der Waals surface area contributed by atoms with Gasteiger partial charge in [-0.2, -0.15) is 0 Å². The van der Waals surface area contributed by atoms with E-state index in [-0.39, 0.29) is 5.78 Å². The number of hydrogen-bond acceptors (Lipinski definition) is 7. The van der Waals surface area contributed by atoms with Crippen molar-refractivity contribution in [2.75, 3.05) is 41.7 Å². The van der Waals surface area contributed by atoms with E-state index in [2.05, 4.69) is 30.8 Å². The maximum atomic E-state index is 12.8. The fourth-order valence-electron chi connectivity index (χ4n) is 4.36. The van der Waals surface area contributed by atoms with E-state index in [4.69, 9.17) is 17.3 Å². The van der Waals surface area contributed by atoms with Gasteiger partial charge in [0.2, 0.25) is 0 Å². The van der Waals surface area contributed by atoms with Crippen molar-refractivity contribution < 1.29 is 4.79 Å². The zero-order valence-electron chi connectivity index (χ0n) is 18.7. The standard InChI is InChI=1S/C26H25ClN6O/c27-23-16-20(24(34)4-2-18-1-3-22-19(15-18)5-10-30-25(22)28)17-31-26(23)33-13-11-32(12-14-33)21-6-8-29-9-7-21/h1,3,5-10,15-17H,2,4,11-14H2,(H2,28,30). The van der Waals surface area contributed by atoms with E-state index in [0.717, 1.165) is 48.3 Å². The number of benzene rings is 1. The van der Waals surface area contributed by atoms with E-state index in [9.17, 15) is 4.79 Å². The Kier molecular flexibility index (Phi) is 6.27. The molecule has 4 heterocycles. The van der Waals surface area contributed by atoms with Crippen molar-refractivity contribution in [3.8, 4) is 0 Å². The Balaban J connectivity index is 1.21. The van der Waals surface area contributed by atoms with Crippen LogP contribution in [0.2, 0.25) is 5.02 Å². The lowest BCUT2D eigenvalue weighted by molar-refractivity contribution is 0.0982. The van der Waals surface area contributed by atoms with Crippen molar-refractivity contribution in [1.29, 1.82) is 0 Å². The third-order valence-corrected chi connectivity index (χ3v) is 6.53. The first-order valence-electron chi connectivity index (χ1n) is 11.3. The average molecular weight is 473 g/mol. The molecule has 3 aromatic heterocycles. The molecule has 5 rings (SSSR count). The number of halogens is 1. The Morgan fingerprint density at radius 1 is 0.941 bits per heavy atom. The number of aryl methyl sites for hydroxylation is 1. The number of nitrogen functional groups attached to an aromatic ring is 1. The lowest BCUT2D eigenvalue weighted by Crippen LogP contribution is -2.47. The Morgan fingerprint density at radius 2 is 1.71 bits per heavy atom. The Morgan fingerprint density at radius 3 is 2.47 bits per heavy atom. The number of anilines is 3. The zero-order chi connectivity index (χ0) is 23.5. The van der Waals surface area contributed by atoms with Gasteiger partial charge in [0, 0.05) is 74.0 Å². The molecule has 34 heavy (non-hydrogen) atoms. The van der Waals surface area contributed by atoms with Gasteiger partial charge in [0.15, 0.2) is 5.78 Å². The second-order valence-corrected chi connectivity index (χ2v) is 8.79. The summed E-state index contributed by atoms with van der Waals surface area (Å²) in [5, 5.41) is 2.46. The number of carbonyl (C=O) groups excluding carboxylic acids is 1. The smallest absolute Gasteiger partial charge is 0.164 e. The quantitative estimate of drug-likeness (QED) is 0.416. The van der Waals surface area contributed by atoms with Crippen LogP contribution < -0.4 is 15.5 Å². The number of nitrogens with zero attached hydrogens (tertiary/aromatic N) is 5. The summed E-state index contributed by atoms with van der Waals surface area (Å²) < 4.78 is 0. The highest BCUT2D eigenvalue weighted by atomic mass is 35.5. The van der Waals surface area contributed by atoms with E-state index in [1.54, 1.807) is 18.5 Å². The SMILES string of the molecule is Nc1nccc2cc(CCC(=O)c3cnc(N4CCN(c5ccncc5)CC4)c(Cl)c3)ccc12. The van der Waals surface area contributed by atoms with Gasteiger partial charge in [-0.3, -0.25) is 9.78 Å². The molecule has 0 amide bonds. The molecule has 8 heteroatoms. The molecule has 4 aromatic rings. The maximum Gasteiger partial charge on any atom is 0.164 e. The molecule has 0 aliphatic carbocycles. The van der Waals surface area contributed by atoms with Gasteiger partial charge in [-0.05, 0) is 41.6 Å². The zero-order valence-corrected chi connectivity index (χ0v) is 19.4. The highest BCUT2D eigenvalue weighted by Gasteiger charge is 2.21. The van der Waals surface area contributed by atoms with Crippen LogP contribution in [0.4, 0.5) is 17.3 Å². The number of nitrogens with two attached hydrogens (primary N) is 1. The Bertz CT molecular complexity index is 1320. The molecule has 0 saturated carbocycles. The molecule has 0 atom stereocenters. The van der Waals surface area contributed by atoms with E-state index < -0.39 is 0 Å². The number of pyridine rings is 3. The molecular weight excluding hydrogens is 448 g/mol. The lowest BCUT2D eigenvalue weighted by Gasteiger charge is -2.37. The summed E-state index contributed by atoms with van der Waals surface area (Å²) in [4.78, 5) is 30.1. The van der Waals surface area contributed by atoms with Crippen LogP contribution >= 0.6 is 11.6 Å². The van der Waals surface area contributed by atoms with E-state index >= 15 is 0 Å². The monoisotopic (exact) mass is 472 g/mol. The van der Waals surface area contributed by atoms with Crippen LogP contribution in [-0.4, -0.2) is 46.9 Å². The van der Waals surface area contributed by atoms with Crippen molar-refractivity contribution in [3.63, 3.8) is 0 Å². The van der Waals surface area contributed by atoms with Crippen molar-refractivity contribution in [1.82, 2.24) is 15.0 Å². The van der Waals surface area contributed by atoms with Gasteiger partial charge in [0.25, 0.3) is 0 Å². The summed E-state index contributed by atoms with van der Waals surface area (Å²) in [7, 11) is 0. The van der Waals surface area contributed by atoms with Crippen LogP contribution in [0.1, 0.15) is 22.3 Å². The number of piperazine rings is 1. The first-order chi connectivity index (χ1) is 16.6. The molecule has 0 radical (unpaired) electrons. The van der Waals surface area contributed by atoms with E-state index in [0.29, 0.717) is 29.2 Å². The van der Waals surface area contributed by atoms with Crippen LogP contribution in [0.25, 0.3) is 10.8 Å². The third kappa shape index (κ3) is 4.65. The fraction of sp³-hybridized carbons (Fsp3) is 0.231. The maximum absolute atomic E-state index is 12.8. The molecule has 1 saturated heterocycles. The first-order valence-corrected chi connectivity index (χ1v) is 11.7. The minimum absolute atomic E-state index is 0.0257. The normalized spacial score (nSPS) is 13.9. The molecule has 1 aromatic carbocycles. The summed E-state index contributed by atoms with van der Waals surface area (Å²) in [6, 6.07) is 13.7. The Hall–Kier alpha value is -3.71. The lowest BCUT2D eigenvalue weighted by atomic mass is 10.0. The van der Waals surface area contributed by atoms with Crippen molar-refractivity contribution in [2.24, 2.45) is 0 Å². The largest absolute Gasteiger partial charge is 0.383 e. The number of hydrogen-bond donors (Lipinski definition) is 1. The molecular formula is C26H25ClN6O. The molecule has 172 valence electrons. The van der Waals surface area contributed by atoms with Gasteiger partial charge in [0.05, 0.1) is 5.02 Å². The highest BCUT2D eigenvalue weighted by molar-refractivity contribution is 6.33. The second-order valence-electron chi connectivity index (χ2n) is 8.38. The molecule has 0 spiro atoms. The first kappa shape index (κ1) is 22.1. The topological polar surface area (TPSA) is 88.2 Å². The number of Topliss-reactive ketones (excluding diaryl/α,β-unsaturated/α-hetero) is 1. The fourth-order valence-corrected chi connectivity index (χ4v) is 4.64. The summed E-state index contributed by atoms with van der Waals surface area (Å²) in [5.74, 6) is 1.27. The molecule has 7 nitrogen and oxygen atoms in total. The predicted octanol–water partition coefficient (Wildman–Crippen LogP) is 4.40. The minimum atomic E-state index is 0.0257. The molecule has 2 N–H and O–H groups in total. The Labute approximate surface area is 203 Å². The molecule has 1 aliphatic rings. The van der Waals surface area contributed by atoms with Crippen LogP contribution in [0, 0.1) is 0 Å². The molecule has 1 aliphatic heterocycles. The van der Waals surface area contributed by atoms with Crippen molar-refractivity contribution >= 4 is 45.5 Å². The number of carbonyl (C=O) groups is 1. The van der Waals surface area contributed by atoms with Gasteiger partial charge >= 0.3 is 0 Å². The van der Waals surface area contributed by atoms with Crippen LogP contribution in [0.3, 0.4) is 0 Å². The van der Waals surface area contributed by atoms with Gasteiger partial charge in [-0.1, -0.05) is 29.8 Å².